The number of hydrogen-bond acceptors (Lipinski definition) is 1. The van der Waals surface area contributed by atoms with Gasteiger partial charge in [-0.25, -0.2) is 4.39 Å². The maximum atomic E-state index is 12.7. The quantitative estimate of drug-likeness (QED) is 0.564. The van der Waals surface area contributed by atoms with E-state index in [0.717, 1.165) is 19.5 Å². The molecule has 1 nitrogen and oxygen atoms in total. The monoisotopic (exact) mass is 157 g/mol. The molecule has 0 N–H and O–H groups in total. The first-order valence-corrected chi connectivity index (χ1v) is 4.28. The molecule has 1 rings (SSSR count). The van der Waals surface area contributed by atoms with E-state index < -0.39 is 0 Å². The topological polar surface area (TPSA) is 3.24 Å². The Balaban J connectivity index is 2.46. The van der Waals surface area contributed by atoms with Crippen LogP contribution in [0.4, 0.5) is 4.39 Å². The van der Waals surface area contributed by atoms with E-state index in [1.807, 2.05) is 0 Å². The minimum Gasteiger partial charge on any atom is -0.297 e. The van der Waals surface area contributed by atoms with Crippen molar-refractivity contribution >= 4 is 0 Å². The first-order chi connectivity index (χ1) is 5.20. The van der Waals surface area contributed by atoms with E-state index in [1.54, 1.807) is 6.08 Å². The van der Waals surface area contributed by atoms with Crippen LogP contribution in [-0.2, 0) is 0 Å². The van der Waals surface area contributed by atoms with Gasteiger partial charge >= 0.3 is 0 Å². The Labute approximate surface area is 67.9 Å². The summed E-state index contributed by atoms with van der Waals surface area (Å²) < 4.78 is 12.7. The van der Waals surface area contributed by atoms with Gasteiger partial charge < -0.3 is 0 Å². The highest BCUT2D eigenvalue weighted by molar-refractivity contribution is 4.96. The fourth-order valence-electron chi connectivity index (χ4n) is 1.33. The summed E-state index contributed by atoms with van der Waals surface area (Å²) >= 11 is 0. The maximum absolute atomic E-state index is 12.7. The lowest BCUT2D eigenvalue weighted by molar-refractivity contribution is 0.248. The molecule has 0 fully saturated rings. The Morgan fingerprint density at radius 1 is 1.55 bits per heavy atom. The summed E-state index contributed by atoms with van der Waals surface area (Å²) in [6.45, 7) is 6.11. The van der Waals surface area contributed by atoms with E-state index in [4.69, 9.17) is 0 Å². The van der Waals surface area contributed by atoms with Gasteiger partial charge in [-0.05, 0) is 32.9 Å². The van der Waals surface area contributed by atoms with E-state index in [-0.39, 0.29) is 5.83 Å². The molecular formula is C9H16FN. The van der Waals surface area contributed by atoms with Crippen molar-refractivity contribution < 1.29 is 4.39 Å². The van der Waals surface area contributed by atoms with Crippen LogP contribution < -0.4 is 0 Å². The molecule has 0 amide bonds. The first kappa shape index (κ1) is 8.72. The molecule has 64 valence electrons. The summed E-state index contributed by atoms with van der Waals surface area (Å²) in [4.78, 5) is 2.28. The van der Waals surface area contributed by atoms with Crippen LogP contribution in [0, 0.1) is 0 Å². The van der Waals surface area contributed by atoms with Crippen molar-refractivity contribution in [2.24, 2.45) is 0 Å². The van der Waals surface area contributed by atoms with Gasteiger partial charge in [0.25, 0.3) is 0 Å². The average Bonchev–Trinajstić information content (AvgIpc) is 2.13. The summed E-state index contributed by atoms with van der Waals surface area (Å²) in [5, 5.41) is 0. The van der Waals surface area contributed by atoms with Crippen LogP contribution in [0.1, 0.15) is 26.7 Å². The van der Waals surface area contributed by atoms with Gasteiger partial charge in [-0.3, -0.25) is 4.90 Å². The van der Waals surface area contributed by atoms with E-state index in [9.17, 15) is 4.39 Å². The molecule has 0 bridgehead atoms. The van der Waals surface area contributed by atoms with Crippen molar-refractivity contribution in [1.82, 2.24) is 4.90 Å². The highest BCUT2D eigenvalue weighted by Gasteiger charge is 2.11. The number of rotatable bonds is 1. The van der Waals surface area contributed by atoms with Crippen LogP contribution in [-0.4, -0.2) is 24.0 Å². The molecular weight excluding hydrogens is 141 g/mol. The van der Waals surface area contributed by atoms with Crippen molar-refractivity contribution in [2.45, 2.75) is 32.7 Å². The van der Waals surface area contributed by atoms with Crippen molar-refractivity contribution in [2.75, 3.05) is 13.1 Å². The zero-order valence-corrected chi connectivity index (χ0v) is 7.31. The second kappa shape index (κ2) is 3.86. The second-order valence-electron chi connectivity index (χ2n) is 3.34. The van der Waals surface area contributed by atoms with Crippen LogP contribution >= 0.6 is 0 Å². The summed E-state index contributed by atoms with van der Waals surface area (Å²) in [5.41, 5.74) is 0. The zero-order valence-electron chi connectivity index (χ0n) is 7.31. The van der Waals surface area contributed by atoms with Gasteiger partial charge in [-0.15, -0.1) is 0 Å². The fraction of sp³-hybridized carbons (Fsp3) is 0.778. The molecule has 0 atom stereocenters. The Morgan fingerprint density at radius 2 is 2.27 bits per heavy atom. The molecule has 1 aliphatic rings. The molecule has 0 saturated carbocycles. The van der Waals surface area contributed by atoms with Gasteiger partial charge in [-0.1, -0.05) is 0 Å². The third-order valence-corrected chi connectivity index (χ3v) is 2.14. The lowest BCUT2D eigenvalue weighted by Crippen LogP contribution is -2.31. The molecule has 2 heteroatoms. The average molecular weight is 157 g/mol. The lowest BCUT2D eigenvalue weighted by atomic mass is 10.3. The number of allylic oxidation sites excluding steroid dienone is 1. The molecule has 0 unspecified atom stereocenters. The lowest BCUT2D eigenvalue weighted by Gasteiger charge is -2.22. The third-order valence-electron chi connectivity index (χ3n) is 2.14. The third kappa shape index (κ3) is 2.62. The van der Waals surface area contributed by atoms with Crippen molar-refractivity contribution in [1.29, 1.82) is 0 Å². The zero-order chi connectivity index (χ0) is 8.27. The molecule has 1 heterocycles. The Kier molecular flexibility index (Phi) is 3.06. The Hall–Kier alpha value is -0.370. The predicted molar refractivity (Wildman–Crippen MR) is 45.1 cm³/mol. The van der Waals surface area contributed by atoms with Crippen LogP contribution in [0.15, 0.2) is 11.9 Å². The van der Waals surface area contributed by atoms with Gasteiger partial charge in [0.1, 0.15) is 0 Å². The molecule has 0 radical (unpaired) electrons. The molecule has 0 spiro atoms. The van der Waals surface area contributed by atoms with Gasteiger partial charge in [0.05, 0.1) is 5.83 Å². The van der Waals surface area contributed by atoms with Gasteiger partial charge in [-0.2, -0.15) is 0 Å². The standard InChI is InChI=1S/C9H16FN/c1-8(2)11-6-3-4-9(10)5-7-11/h5,8H,3-4,6-7H2,1-2H3. The van der Waals surface area contributed by atoms with E-state index >= 15 is 0 Å². The SMILES string of the molecule is CC(C)N1CC=C(F)CCC1. The minimum atomic E-state index is 0.0631. The highest BCUT2D eigenvalue weighted by atomic mass is 19.1. The van der Waals surface area contributed by atoms with Crippen molar-refractivity contribution in [3.63, 3.8) is 0 Å². The summed E-state index contributed by atoms with van der Waals surface area (Å²) in [7, 11) is 0. The summed E-state index contributed by atoms with van der Waals surface area (Å²) in [6, 6.07) is 0.539. The molecule has 0 aromatic carbocycles. The van der Waals surface area contributed by atoms with Crippen molar-refractivity contribution in [3.8, 4) is 0 Å². The maximum Gasteiger partial charge on any atom is 0.0973 e. The summed E-state index contributed by atoms with van der Waals surface area (Å²) in [6.07, 6.45) is 3.29. The normalized spacial score (nSPS) is 21.6. The molecule has 0 aromatic heterocycles. The van der Waals surface area contributed by atoms with Gasteiger partial charge in [0.15, 0.2) is 0 Å². The molecule has 0 aliphatic carbocycles. The molecule has 11 heavy (non-hydrogen) atoms. The van der Waals surface area contributed by atoms with Gasteiger partial charge in [0, 0.05) is 19.0 Å². The number of halogens is 1. The second-order valence-corrected chi connectivity index (χ2v) is 3.34. The van der Waals surface area contributed by atoms with E-state index in [0.29, 0.717) is 12.5 Å². The van der Waals surface area contributed by atoms with Crippen LogP contribution in [0.2, 0.25) is 0 Å². The summed E-state index contributed by atoms with van der Waals surface area (Å²) in [5.74, 6) is 0.0631. The number of nitrogens with zero attached hydrogens (tertiary/aromatic N) is 1. The van der Waals surface area contributed by atoms with Crippen LogP contribution in [0.25, 0.3) is 0 Å². The first-order valence-electron chi connectivity index (χ1n) is 4.28. The predicted octanol–water partition coefficient (Wildman–Crippen LogP) is 2.34. The fourth-order valence-corrected chi connectivity index (χ4v) is 1.33. The molecule has 0 saturated heterocycles. The van der Waals surface area contributed by atoms with Crippen LogP contribution in [0.3, 0.4) is 0 Å². The van der Waals surface area contributed by atoms with E-state index in [2.05, 4.69) is 18.7 Å². The molecule has 1 aliphatic heterocycles. The Bertz CT molecular complexity index is 152. The molecule has 0 aromatic rings. The van der Waals surface area contributed by atoms with E-state index in [1.165, 1.54) is 0 Å². The Morgan fingerprint density at radius 3 is 2.91 bits per heavy atom. The van der Waals surface area contributed by atoms with Crippen LogP contribution in [0.5, 0.6) is 0 Å². The highest BCUT2D eigenvalue weighted by Crippen LogP contribution is 2.13. The smallest absolute Gasteiger partial charge is 0.0973 e. The van der Waals surface area contributed by atoms with Crippen molar-refractivity contribution in [3.05, 3.63) is 11.9 Å². The number of hydrogen-bond donors (Lipinski definition) is 0. The van der Waals surface area contributed by atoms with Gasteiger partial charge in [0.2, 0.25) is 0 Å². The largest absolute Gasteiger partial charge is 0.297 e. The minimum absolute atomic E-state index is 0.0631.